The third-order valence-electron chi connectivity index (χ3n) is 3.98. The molecule has 0 amide bonds. The molecule has 112 valence electrons. The van der Waals surface area contributed by atoms with Gasteiger partial charge >= 0.3 is 0 Å². The Morgan fingerprint density at radius 2 is 2.10 bits per heavy atom. The first-order valence-electron chi connectivity index (χ1n) is 7.03. The highest BCUT2D eigenvalue weighted by Gasteiger charge is 2.24. The Hall–Kier alpha value is -0.780. The summed E-state index contributed by atoms with van der Waals surface area (Å²) in [6.07, 6.45) is 3.36. The maximum Gasteiger partial charge on any atom is 0.159 e. The van der Waals surface area contributed by atoms with Crippen LogP contribution in [-0.4, -0.2) is 0 Å². The van der Waals surface area contributed by atoms with Gasteiger partial charge in [0.05, 0.1) is 3.79 Å². The van der Waals surface area contributed by atoms with Gasteiger partial charge in [-0.3, -0.25) is 0 Å². The Kier molecular flexibility index (Phi) is 4.43. The van der Waals surface area contributed by atoms with Crippen LogP contribution in [-0.2, 0) is 6.42 Å². The molecule has 0 saturated heterocycles. The van der Waals surface area contributed by atoms with Crippen molar-refractivity contribution in [1.82, 2.24) is 5.32 Å². The molecule has 0 fully saturated rings. The van der Waals surface area contributed by atoms with Crippen LogP contribution in [0.5, 0.6) is 0 Å². The predicted molar refractivity (Wildman–Crippen MR) is 85.6 cm³/mol. The lowest BCUT2D eigenvalue weighted by molar-refractivity contribution is 0.416. The van der Waals surface area contributed by atoms with Gasteiger partial charge in [0.15, 0.2) is 11.6 Å². The molecule has 2 aromatic rings. The first-order valence-corrected chi connectivity index (χ1v) is 8.64. The van der Waals surface area contributed by atoms with E-state index >= 15 is 0 Å². The SMILES string of the molecule is CC(NC1CCCc2sc(Br)cc21)c1ccc(F)c(F)c1. The number of hydrogen-bond donors (Lipinski definition) is 1. The van der Waals surface area contributed by atoms with Crippen LogP contribution >= 0.6 is 27.3 Å². The predicted octanol–water partition coefficient (Wildman–Crippen LogP) is 5.52. The van der Waals surface area contributed by atoms with Gasteiger partial charge in [-0.05, 0) is 71.4 Å². The van der Waals surface area contributed by atoms with Crippen molar-refractivity contribution in [3.63, 3.8) is 0 Å². The van der Waals surface area contributed by atoms with E-state index in [1.807, 2.05) is 6.92 Å². The summed E-state index contributed by atoms with van der Waals surface area (Å²) >= 11 is 5.34. The molecule has 3 rings (SSSR count). The zero-order valence-corrected chi connectivity index (χ0v) is 14.0. The van der Waals surface area contributed by atoms with Crippen molar-refractivity contribution in [2.24, 2.45) is 0 Å². The molecule has 1 aliphatic carbocycles. The number of halogens is 3. The largest absolute Gasteiger partial charge is 0.303 e. The molecule has 0 saturated carbocycles. The molecule has 1 heterocycles. The Morgan fingerprint density at radius 1 is 1.29 bits per heavy atom. The summed E-state index contributed by atoms with van der Waals surface area (Å²) in [6.45, 7) is 1.99. The average molecular weight is 372 g/mol. The minimum Gasteiger partial charge on any atom is -0.303 e. The highest BCUT2D eigenvalue weighted by atomic mass is 79.9. The van der Waals surface area contributed by atoms with Crippen molar-refractivity contribution in [3.05, 3.63) is 55.7 Å². The van der Waals surface area contributed by atoms with E-state index in [9.17, 15) is 8.78 Å². The average Bonchev–Trinajstić information content (AvgIpc) is 2.83. The number of nitrogens with one attached hydrogen (secondary N) is 1. The Labute approximate surface area is 135 Å². The standard InChI is InChI=1S/C16H16BrF2NS/c1-9(10-5-6-12(18)13(19)7-10)20-14-3-2-4-15-11(14)8-16(17)21-15/h5-9,14,20H,2-4H2,1H3. The van der Waals surface area contributed by atoms with Crippen molar-refractivity contribution in [1.29, 1.82) is 0 Å². The van der Waals surface area contributed by atoms with E-state index in [0.717, 1.165) is 28.6 Å². The summed E-state index contributed by atoms with van der Waals surface area (Å²) < 4.78 is 27.5. The second kappa shape index (κ2) is 6.15. The lowest BCUT2D eigenvalue weighted by atomic mass is 9.93. The van der Waals surface area contributed by atoms with Crippen molar-refractivity contribution in [2.45, 2.75) is 38.3 Å². The summed E-state index contributed by atoms with van der Waals surface area (Å²) in [5, 5.41) is 3.55. The van der Waals surface area contributed by atoms with Crippen LogP contribution in [0.1, 0.15) is 47.9 Å². The lowest BCUT2D eigenvalue weighted by Crippen LogP contribution is -2.27. The molecule has 0 spiro atoms. The molecule has 21 heavy (non-hydrogen) atoms. The molecule has 2 unspecified atom stereocenters. The van der Waals surface area contributed by atoms with Gasteiger partial charge in [-0.2, -0.15) is 0 Å². The summed E-state index contributed by atoms with van der Waals surface area (Å²) in [5.41, 5.74) is 2.11. The summed E-state index contributed by atoms with van der Waals surface area (Å²) in [7, 11) is 0. The lowest BCUT2D eigenvalue weighted by Gasteiger charge is -2.27. The molecule has 0 aliphatic heterocycles. The maximum atomic E-state index is 13.4. The van der Waals surface area contributed by atoms with Crippen molar-refractivity contribution < 1.29 is 8.78 Å². The monoisotopic (exact) mass is 371 g/mol. The van der Waals surface area contributed by atoms with Crippen LogP contribution in [0.2, 0.25) is 0 Å². The van der Waals surface area contributed by atoms with Gasteiger partial charge in [0.25, 0.3) is 0 Å². The Bertz CT molecular complexity index is 656. The quantitative estimate of drug-likeness (QED) is 0.748. The molecule has 0 radical (unpaired) electrons. The van der Waals surface area contributed by atoms with Gasteiger partial charge in [0.1, 0.15) is 0 Å². The molecule has 1 N–H and O–H groups in total. The third kappa shape index (κ3) is 3.20. The fraction of sp³-hybridized carbons (Fsp3) is 0.375. The van der Waals surface area contributed by atoms with Crippen LogP contribution in [0.3, 0.4) is 0 Å². The van der Waals surface area contributed by atoms with Gasteiger partial charge < -0.3 is 5.32 Å². The first kappa shape index (κ1) is 15.1. The van der Waals surface area contributed by atoms with Crippen LogP contribution < -0.4 is 5.32 Å². The fourth-order valence-corrected chi connectivity index (χ4v) is 4.69. The van der Waals surface area contributed by atoms with E-state index in [1.165, 1.54) is 22.6 Å². The van der Waals surface area contributed by atoms with Gasteiger partial charge in [-0.25, -0.2) is 8.78 Å². The maximum absolute atomic E-state index is 13.4. The van der Waals surface area contributed by atoms with Crippen LogP contribution in [0.25, 0.3) is 0 Å². The number of hydrogen-bond acceptors (Lipinski definition) is 2. The third-order valence-corrected chi connectivity index (χ3v) is 5.69. The van der Waals surface area contributed by atoms with Crippen molar-refractivity contribution >= 4 is 27.3 Å². The van der Waals surface area contributed by atoms with E-state index in [1.54, 1.807) is 17.4 Å². The normalized spacial score (nSPS) is 19.3. The van der Waals surface area contributed by atoms with Gasteiger partial charge in [0, 0.05) is 17.0 Å². The molecule has 1 aromatic heterocycles. The molecule has 5 heteroatoms. The molecule has 2 atom stereocenters. The van der Waals surface area contributed by atoms with E-state index in [2.05, 4.69) is 27.3 Å². The fourth-order valence-electron chi connectivity index (χ4n) is 2.87. The zero-order chi connectivity index (χ0) is 15.0. The zero-order valence-electron chi connectivity index (χ0n) is 11.6. The molecule has 1 nitrogen and oxygen atoms in total. The number of aryl methyl sites for hydroxylation is 1. The summed E-state index contributed by atoms with van der Waals surface area (Å²) in [6, 6.07) is 6.54. The number of fused-ring (bicyclic) bond motifs is 1. The summed E-state index contributed by atoms with van der Waals surface area (Å²) in [5.74, 6) is -1.59. The Morgan fingerprint density at radius 3 is 2.86 bits per heavy atom. The number of benzene rings is 1. The van der Waals surface area contributed by atoms with E-state index in [0.29, 0.717) is 0 Å². The molecular formula is C16H16BrF2NS. The number of rotatable bonds is 3. The van der Waals surface area contributed by atoms with E-state index in [-0.39, 0.29) is 12.1 Å². The van der Waals surface area contributed by atoms with Crippen LogP contribution in [0.15, 0.2) is 28.1 Å². The molecule has 0 bridgehead atoms. The van der Waals surface area contributed by atoms with E-state index < -0.39 is 11.6 Å². The van der Waals surface area contributed by atoms with Crippen molar-refractivity contribution in [2.75, 3.05) is 0 Å². The van der Waals surface area contributed by atoms with Gasteiger partial charge in [-0.1, -0.05) is 6.07 Å². The van der Waals surface area contributed by atoms with Gasteiger partial charge in [-0.15, -0.1) is 11.3 Å². The van der Waals surface area contributed by atoms with Crippen LogP contribution in [0.4, 0.5) is 8.78 Å². The smallest absolute Gasteiger partial charge is 0.159 e. The summed E-state index contributed by atoms with van der Waals surface area (Å²) in [4.78, 5) is 1.42. The Balaban J connectivity index is 1.79. The van der Waals surface area contributed by atoms with E-state index in [4.69, 9.17) is 0 Å². The van der Waals surface area contributed by atoms with Gasteiger partial charge in [0.2, 0.25) is 0 Å². The topological polar surface area (TPSA) is 12.0 Å². The minimum atomic E-state index is -0.798. The first-order chi connectivity index (χ1) is 10.0. The highest BCUT2D eigenvalue weighted by molar-refractivity contribution is 9.11. The van der Waals surface area contributed by atoms with Crippen LogP contribution in [0, 0.1) is 11.6 Å². The highest BCUT2D eigenvalue weighted by Crippen LogP contribution is 2.39. The van der Waals surface area contributed by atoms with Crippen molar-refractivity contribution in [3.8, 4) is 0 Å². The second-order valence-electron chi connectivity index (χ2n) is 5.44. The molecular weight excluding hydrogens is 356 g/mol. The molecule has 1 aromatic carbocycles. The minimum absolute atomic E-state index is 0.0188. The molecule has 1 aliphatic rings. The second-order valence-corrected chi connectivity index (χ2v) is 7.95. The number of thiophene rings is 1.